The van der Waals surface area contributed by atoms with Crippen LogP contribution in [0.15, 0.2) is 0 Å². The third kappa shape index (κ3) is 2.03. The van der Waals surface area contributed by atoms with Gasteiger partial charge in [-0.1, -0.05) is 0 Å². The molecule has 0 spiro atoms. The van der Waals surface area contributed by atoms with Crippen molar-refractivity contribution in [2.75, 3.05) is 0 Å². The molecular weight excluding hydrogens is 414 g/mol. The summed E-state index contributed by atoms with van der Waals surface area (Å²) in [6, 6.07) is 14.7. The van der Waals surface area contributed by atoms with Crippen LogP contribution in [0.5, 0.6) is 0 Å². The average molecular weight is 415 g/mol. The lowest BCUT2D eigenvalue weighted by Gasteiger charge is -2.13. The quantitative estimate of drug-likeness (QED) is 0.412. The van der Waals surface area contributed by atoms with Crippen LogP contribution in [0.1, 0.15) is 44.5 Å². The Bertz CT molecular complexity index is 2050. The van der Waals surface area contributed by atoms with Crippen molar-refractivity contribution in [2.45, 2.75) is 0 Å². The lowest BCUT2D eigenvalue weighted by Crippen LogP contribution is -2.23. The molecule has 0 heterocycles. The van der Waals surface area contributed by atoms with Gasteiger partial charge in [0.1, 0.15) is 48.6 Å². The molecule has 0 aliphatic heterocycles. The Hall–Kier alpha value is -6.45. The third-order valence-corrected chi connectivity index (χ3v) is 5.52. The fourth-order valence-corrected chi connectivity index (χ4v) is 4.39. The lowest BCUT2D eigenvalue weighted by molar-refractivity contribution is 1.40. The molecule has 1 N–H and O–H groups in total. The number of nitrogens with one attached hydrogen (secondary N) is 1. The van der Waals surface area contributed by atoms with Crippen LogP contribution in [0.3, 0.4) is 0 Å². The van der Waals surface area contributed by atoms with Gasteiger partial charge >= 0.3 is 0 Å². The van der Waals surface area contributed by atoms with Crippen LogP contribution in [0, 0.1) is 96.1 Å². The molecule has 33 heavy (non-hydrogen) atoms. The van der Waals surface area contributed by atoms with Gasteiger partial charge in [-0.15, -0.1) is 0 Å². The first-order chi connectivity index (χ1) is 16.0. The van der Waals surface area contributed by atoms with E-state index in [1.165, 1.54) is 0 Å². The Balaban J connectivity index is 2.78. The minimum Gasteiger partial charge on any atom is -0.258 e. The summed E-state index contributed by atoms with van der Waals surface area (Å²) in [5.41, 5.74) is -2.47. The zero-order chi connectivity index (χ0) is 24.0. The van der Waals surface area contributed by atoms with E-state index in [1.807, 2.05) is 36.4 Å². The van der Waals surface area contributed by atoms with Crippen molar-refractivity contribution in [3.8, 4) is 48.6 Å². The van der Waals surface area contributed by atoms with Crippen LogP contribution in [-0.2, 0) is 0 Å². The highest BCUT2D eigenvalue weighted by Crippen LogP contribution is 2.43. The van der Waals surface area contributed by atoms with Crippen molar-refractivity contribution in [2.24, 2.45) is 0 Å². The molecule has 9 heteroatoms. The molecule has 0 saturated heterocycles. The Morgan fingerprint density at radius 1 is 0.424 bits per heavy atom. The Morgan fingerprint density at radius 2 is 0.909 bits per heavy atom. The molecule has 0 saturated carbocycles. The van der Waals surface area contributed by atoms with E-state index in [1.54, 1.807) is 12.1 Å². The zero-order valence-electron chi connectivity index (χ0n) is 16.1. The molecule has 4 rings (SSSR count). The lowest BCUT2D eigenvalue weighted by atomic mass is 9.84. The second-order valence-corrected chi connectivity index (χ2v) is 6.64. The summed E-state index contributed by atoms with van der Waals surface area (Å²) in [7, 11) is 0. The number of hydrogen-bond donors (Lipinski definition) is 1. The molecule has 0 atom stereocenters. The maximum absolute atomic E-state index is 10.00. The van der Waals surface area contributed by atoms with Gasteiger partial charge in [0.05, 0.1) is 49.7 Å². The molecule has 9 nitrogen and oxygen atoms in total. The molecule has 0 radical (unpaired) electrons. The van der Waals surface area contributed by atoms with E-state index in [4.69, 9.17) is 5.41 Å². The van der Waals surface area contributed by atoms with Gasteiger partial charge < -0.3 is 0 Å². The fraction of sp³-hybridized carbons (Fsp3) is 0. The molecule has 0 unspecified atom stereocenters. The predicted octanol–water partition coefficient (Wildman–Crippen LogP) is 1.05. The molecule has 3 aromatic rings. The van der Waals surface area contributed by atoms with Gasteiger partial charge in [-0.3, -0.25) is 5.41 Å². The van der Waals surface area contributed by atoms with E-state index >= 15 is 0 Å². The van der Waals surface area contributed by atoms with Crippen LogP contribution in [-0.4, -0.2) is 5.87 Å². The zero-order valence-corrected chi connectivity index (χ0v) is 16.1. The number of hydrogen-bond acceptors (Lipinski definition) is 9. The summed E-state index contributed by atoms with van der Waals surface area (Å²) in [4.78, 5) is 0. The molecule has 0 aromatic heterocycles. The standard InChI is InChI=1S/C24HN9/c25-1-10-12(3-27)19-16(7-31)17(8-32)20-13(4-28)11(2-26)15(6-30)22-18(9-33)21(14(10)5-29)23(19)24(20)22/h27H. The highest BCUT2D eigenvalue weighted by molar-refractivity contribution is 6.25. The Morgan fingerprint density at radius 3 is 1.36 bits per heavy atom. The molecule has 0 amide bonds. The second kappa shape index (κ2) is 6.81. The topological polar surface area (TPSA) is 214 Å². The molecule has 1 aliphatic rings. The number of nitrogens with zero attached hydrogens (tertiary/aromatic N) is 8. The van der Waals surface area contributed by atoms with Crippen LogP contribution >= 0.6 is 0 Å². The van der Waals surface area contributed by atoms with Crippen molar-refractivity contribution < 1.29 is 0 Å². The second-order valence-electron chi connectivity index (χ2n) is 6.64. The summed E-state index contributed by atoms with van der Waals surface area (Å²) in [6.07, 6.45) is 0. The molecule has 1 aliphatic carbocycles. The minimum atomic E-state index is -0.374. The van der Waals surface area contributed by atoms with Gasteiger partial charge in [0.2, 0.25) is 0 Å². The number of nitriles is 8. The SMILES string of the molecule is N#CC1=c2c(C#N)c(C#N)c(=C=N)c3c(C#N)c(C#N)c4c(C#N)c(C#N)c(C#N)c1c4c23. The first-order valence-corrected chi connectivity index (χ1v) is 8.79. The highest BCUT2D eigenvalue weighted by Gasteiger charge is 2.34. The van der Waals surface area contributed by atoms with E-state index in [-0.39, 0.29) is 82.1 Å². The summed E-state index contributed by atoms with van der Waals surface area (Å²) < 4.78 is 0. The molecule has 3 aromatic carbocycles. The fourth-order valence-electron chi connectivity index (χ4n) is 4.39. The summed E-state index contributed by atoms with van der Waals surface area (Å²) in [6.45, 7) is 0. The highest BCUT2D eigenvalue weighted by atomic mass is 14.4. The third-order valence-electron chi connectivity index (χ3n) is 5.52. The van der Waals surface area contributed by atoms with E-state index in [9.17, 15) is 42.1 Å². The Labute approximate surface area is 184 Å². The molecule has 0 fully saturated rings. The Kier molecular flexibility index (Phi) is 4.10. The van der Waals surface area contributed by atoms with Gasteiger partial charge in [-0.25, -0.2) is 0 Å². The normalized spacial score (nSPS) is 10.1. The van der Waals surface area contributed by atoms with Gasteiger partial charge in [0, 0.05) is 32.3 Å². The largest absolute Gasteiger partial charge is 0.258 e. The van der Waals surface area contributed by atoms with Crippen molar-refractivity contribution in [1.29, 1.82) is 47.5 Å². The maximum Gasteiger partial charge on any atom is 0.102 e. The molecular formula is C24HN9. The van der Waals surface area contributed by atoms with Crippen LogP contribution in [0.4, 0.5) is 0 Å². The van der Waals surface area contributed by atoms with E-state index in [2.05, 4.69) is 5.87 Å². The van der Waals surface area contributed by atoms with Crippen LogP contribution < -0.4 is 10.4 Å². The van der Waals surface area contributed by atoms with E-state index in [0.717, 1.165) is 0 Å². The van der Waals surface area contributed by atoms with Crippen molar-refractivity contribution in [3.05, 3.63) is 54.9 Å². The first-order valence-electron chi connectivity index (χ1n) is 8.79. The average Bonchev–Trinajstić information content (AvgIpc) is 3.19. The molecule has 142 valence electrons. The van der Waals surface area contributed by atoms with E-state index < -0.39 is 0 Å². The maximum atomic E-state index is 10.00. The minimum absolute atomic E-state index is 0.0537. The summed E-state index contributed by atoms with van der Waals surface area (Å²) >= 11 is 0. The van der Waals surface area contributed by atoms with Gasteiger partial charge in [-0.2, -0.15) is 42.1 Å². The number of rotatable bonds is 0. The van der Waals surface area contributed by atoms with Crippen LogP contribution in [0.2, 0.25) is 0 Å². The van der Waals surface area contributed by atoms with Crippen molar-refractivity contribution in [3.63, 3.8) is 0 Å². The summed E-state index contributed by atoms with van der Waals surface area (Å²) in [5, 5.41) is 86.2. The van der Waals surface area contributed by atoms with Gasteiger partial charge in [-0.05, 0) is 5.87 Å². The van der Waals surface area contributed by atoms with Crippen molar-refractivity contribution in [1.82, 2.24) is 0 Å². The van der Waals surface area contributed by atoms with Crippen molar-refractivity contribution >= 4 is 33.0 Å². The summed E-state index contributed by atoms with van der Waals surface area (Å²) in [5.74, 6) is 2.06. The van der Waals surface area contributed by atoms with E-state index in [0.29, 0.717) is 0 Å². The molecule has 0 bridgehead atoms. The predicted molar refractivity (Wildman–Crippen MR) is 109 cm³/mol. The first kappa shape index (κ1) is 19.8. The van der Waals surface area contributed by atoms with Gasteiger partial charge in [0.15, 0.2) is 0 Å². The smallest absolute Gasteiger partial charge is 0.102 e. The van der Waals surface area contributed by atoms with Gasteiger partial charge in [0.25, 0.3) is 0 Å². The monoisotopic (exact) mass is 415 g/mol. The number of benzene rings is 3. The van der Waals surface area contributed by atoms with Crippen LogP contribution in [0.25, 0.3) is 27.1 Å².